The molecule has 0 aromatic heterocycles. The highest BCUT2D eigenvalue weighted by Gasteiger charge is 2.40. The first-order valence-electron chi connectivity index (χ1n) is 4.61. The van der Waals surface area contributed by atoms with Gasteiger partial charge in [0, 0.05) is 7.11 Å². The van der Waals surface area contributed by atoms with Crippen LogP contribution < -0.4 is 0 Å². The molecule has 68 valence electrons. The molecule has 0 spiro atoms. The van der Waals surface area contributed by atoms with Crippen LogP contribution in [-0.4, -0.2) is 12.7 Å². The van der Waals surface area contributed by atoms with Gasteiger partial charge in [0.05, 0.1) is 6.07 Å². The van der Waals surface area contributed by atoms with Gasteiger partial charge in [-0.1, -0.05) is 20.3 Å². The van der Waals surface area contributed by atoms with Crippen molar-refractivity contribution >= 4 is 0 Å². The van der Waals surface area contributed by atoms with Gasteiger partial charge in [0.1, 0.15) is 0 Å². The SMILES string of the molecule is COC1(C#N)CC(C)CCC1C. The molecule has 1 rings (SSSR count). The van der Waals surface area contributed by atoms with Crippen molar-refractivity contribution < 1.29 is 4.74 Å². The first kappa shape index (κ1) is 9.54. The van der Waals surface area contributed by atoms with Crippen molar-refractivity contribution in [2.24, 2.45) is 11.8 Å². The zero-order valence-electron chi connectivity index (χ0n) is 8.13. The summed E-state index contributed by atoms with van der Waals surface area (Å²) in [6.07, 6.45) is 3.23. The Balaban J connectivity index is 2.77. The summed E-state index contributed by atoms with van der Waals surface area (Å²) in [6, 6.07) is 2.33. The molecular formula is C10H17NO. The zero-order chi connectivity index (χ0) is 9.19. The molecule has 0 heterocycles. The fourth-order valence-electron chi connectivity index (χ4n) is 2.07. The van der Waals surface area contributed by atoms with Crippen molar-refractivity contribution in [3.05, 3.63) is 0 Å². The molecule has 12 heavy (non-hydrogen) atoms. The van der Waals surface area contributed by atoms with E-state index in [1.54, 1.807) is 7.11 Å². The normalized spacial score (nSPS) is 42.2. The van der Waals surface area contributed by atoms with Crippen molar-refractivity contribution in [2.75, 3.05) is 7.11 Å². The van der Waals surface area contributed by atoms with Crippen molar-refractivity contribution in [1.29, 1.82) is 5.26 Å². The van der Waals surface area contributed by atoms with E-state index in [9.17, 15) is 0 Å². The lowest BCUT2D eigenvalue weighted by atomic mass is 9.73. The van der Waals surface area contributed by atoms with Crippen LogP contribution in [0.5, 0.6) is 0 Å². The minimum atomic E-state index is -0.502. The fraction of sp³-hybridized carbons (Fsp3) is 0.900. The molecule has 2 nitrogen and oxygen atoms in total. The highest BCUT2D eigenvalue weighted by molar-refractivity contribution is 5.07. The standard InChI is InChI=1S/C10H17NO/c1-8-4-5-9(2)10(6-8,7-11)12-3/h8-9H,4-6H2,1-3H3. The fourth-order valence-corrected chi connectivity index (χ4v) is 2.07. The lowest BCUT2D eigenvalue weighted by molar-refractivity contribution is -0.0451. The van der Waals surface area contributed by atoms with Crippen molar-refractivity contribution in [2.45, 2.75) is 38.7 Å². The number of methoxy groups -OCH3 is 1. The molecule has 0 N–H and O–H groups in total. The first-order chi connectivity index (χ1) is 5.64. The van der Waals surface area contributed by atoms with E-state index in [-0.39, 0.29) is 0 Å². The summed E-state index contributed by atoms with van der Waals surface area (Å²) in [6.45, 7) is 4.30. The molecule has 0 aliphatic heterocycles. The minimum absolute atomic E-state index is 0.378. The maximum absolute atomic E-state index is 9.05. The summed E-state index contributed by atoms with van der Waals surface area (Å²) < 4.78 is 5.35. The summed E-state index contributed by atoms with van der Waals surface area (Å²) in [5, 5.41) is 9.05. The molecule has 3 unspecified atom stereocenters. The number of nitrogens with zero attached hydrogens (tertiary/aromatic N) is 1. The summed E-state index contributed by atoms with van der Waals surface area (Å²) in [5.74, 6) is 1.00. The Hall–Kier alpha value is -0.550. The first-order valence-corrected chi connectivity index (χ1v) is 4.61. The molecule has 0 aromatic rings. The molecule has 0 aromatic carbocycles. The Morgan fingerprint density at radius 1 is 1.42 bits per heavy atom. The molecule has 3 atom stereocenters. The maximum atomic E-state index is 9.05. The third-order valence-electron chi connectivity index (χ3n) is 3.09. The number of ether oxygens (including phenoxy) is 1. The Bertz CT molecular complexity index is 197. The summed E-state index contributed by atoms with van der Waals surface area (Å²) in [4.78, 5) is 0. The Morgan fingerprint density at radius 3 is 2.50 bits per heavy atom. The van der Waals surface area contributed by atoms with Gasteiger partial charge in [-0.05, 0) is 24.7 Å². The van der Waals surface area contributed by atoms with Gasteiger partial charge in [0.15, 0.2) is 5.60 Å². The number of nitriles is 1. The van der Waals surface area contributed by atoms with Crippen LogP contribution in [0.15, 0.2) is 0 Å². The average molecular weight is 167 g/mol. The zero-order valence-corrected chi connectivity index (χ0v) is 8.13. The highest BCUT2D eigenvalue weighted by Crippen LogP contribution is 2.38. The van der Waals surface area contributed by atoms with Gasteiger partial charge in [-0.15, -0.1) is 0 Å². The summed E-state index contributed by atoms with van der Waals surface area (Å²) in [5.41, 5.74) is -0.502. The quantitative estimate of drug-likeness (QED) is 0.600. The molecule has 0 bridgehead atoms. The highest BCUT2D eigenvalue weighted by atomic mass is 16.5. The van der Waals surface area contributed by atoms with Gasteiger partial charge < -0.3 is 4.74 Å². The number of hydrogen-bond acceptors (Lipinski definition) is 2. The Labute approximate surface area is 74.5 Å². The van der Waals surface area contributed by atoms with Crippen molar-refractivity contribution in [1.82, 2.24) is 0 Å². The van der Waals surface area contributed by atoms with Crippen LogP contribution in [0, 0.1) is 23.2 Å². The molecule has 1 aliphatic rings. The second-order valence-electron chi connectivity index (χ2n) is 3.99. The van der Waals surface area contributed by atoms with E-state index in [1.807, 2.05) is 0 Å². The molecule has 2 heteroatoms. The average Bonchev–Trinajstić information content (AvgIpc) is 2.09. The van der Waals surface area contributed by atoms with E-state index in [4.69, 9.17) is 10.00 Å². The largest absolute Gasteiger partial charge is 0.363 e. The van der Waals surface area contributed by atoms with Gasteiger partial charge in [-0.2, -0.15) is 5.26 Å². The van der Waals surface area contributed by atoms with E-state index in [0.717, 1.165) is 12.8 Å². The summed E-state index contributed by atoms with van der Waals surface area (Å²) >= 11 is 0. The van der Waals surface area contributed by atoms with E-state index in [0.29, 0.717) is 11.8 Å². The minimum Gasteiger partial charge on any atom is -0.363 e. The van der Waals surface area contributed by atoms with Crippen molar-refractivity contribution in [3.63, 3.8) is 0 Å². The molecule has 1 saturated carbocycles. The predicted octanol–water partition coefficient (Wildman–Crippen LogP) is 2.35. The van der Waals surface area contributed by atoms with E-state index >= 15 is 0 Å². The second-order valence-corrected chi connectivity index (χ2v) is 3.99. The van der Waals surface area contributed by atoms with Gasteiger partial charge in [-0.25, -0.2) is 0 Å². The maximum Gasteiger partial charge on any atom is 0.156 e. The van der Waals surface area contributed by atoms with Gasteiger partial charge in [0.25, 0.3) is 0 Å². The third-order valence-corrected chi connectivity index (χ3v) is 3.09. The lowest BCUT2D eigenvalue weighted by Gasteiger charge is -2.38. The van der Waals surface area contributed by atoms with Crippen LogP contribution in [0.1, 0.15) is 33.1 Å². The molecular weight excluding hydrogens is 150 g/mol. The van der Waals surface area contributed by atoms with Gasteiger partial charge >= 0.3 is 0 Å². The summed E-state index contributed by atoms with van der Waals surface area (Å²) in [7, 11) is 1.65. The van der Waals surface area contributed by atoms with E-state index < -0.39 is 5.60 Å². The predicted molar refractivity (Wildman–Crippen MR) is 47.5 cm³/mol. The Morgan fingerprint density at radius 2 is 2.08 bits per heavy atom. The van der Waals surface area contributed by atoms with Crippen LogP contribution in [-0.2, 0) is 4.74 Å². The molecule has 1 aliphatic carbocycles. The lowest BCUT2D eigenvalue weighted by Crippen LogP contribution is -2.42. The van der Waals surface area contributed by atoms with Gasteiger partial charge in [-0.3, -0.25) is 0 Å². The molecule has 1 fully saturated rings. The molecule has 0 saturated heterocycles. The number of hydrogen-bond donors (Lipinski definition) is 0. The van der Waals surface area contributed by atoms with E-state index in [2.05, 4.69) is 19.9 Å². The van der Waals surface area contributed by atoms with Gasteiger partial charge in [0.2, 0.25) is 0 Å². The third kappa shape index (κ3) is 1.47. The van der Waals surface area contributed by atoms with Crippen LogP contribution in [0.25, 0.3) is 0 Å². The second kappa shape index (κ2) is 3.45. The molecule has 0 amide bonds. The smallest absolute Gasteiger partial charge is 0.156 e. The Kier molecular flexibility index (Phi) is 2.74. The molecule has 0 radical (unpaired) electrons. The van der Waals surface area contributed by atoms with Crippen LogP contribution in [0.2, 0.25) is 0 Å². The topological polar surface area (TPSA) is 33.0 Å². The van der Waals surface area contributed by atoms with Crippen LogP contribution >= 0.6 is 0 Å². The van der Waals surface area contributed by atoms with Crippen LogP contribution in [0.4, 0.5) is 0 Å². The monoisotopic (exact) mass is 167 g/mol. The van der Waals surface area contributed by atoms with Crippen LogP contribution in [0.3, 0.4) is 0 Å². The van der Waals surface area contributed by atoms with Crippen molar-refractivity contribution in [3.8, 4) is 6.07 Å². The van der Waals surface area contributed by atoms with E-state index in [1.165, 1.54) is 6.42 Å². The number of rotatable bonds is 1.